The lowest BCUT2D eigenvalue weighted by molar-refractivity contribution is -0.230. The lowest BCUT2D eigenvalue weighted by Gasteiger charge is -2.40. The van der Waals surface area contributed by atoms with Crippen molar-refractivity contribution in [2.24, 2.45) is 0 Å². The van der Waals surface area contributed by atoms with Crippen LogP contribution in [0.1, 0.15) is 26.2 Å². The van der Waals surface area contributed by atoms with Gasteiger partial charge in [0.15, 0.2) is 0 Å². The van der Waals surface area contributed by atoms with Gasteiger partial charge in [0.1, 0.15) is 24.4 Å². The van der Waals surface area contributed by atoms with E-state index in [2.05, 4.69) is 0 Å². The standard InChI is InChI=1S/C10H20O5/c1-2-3-4-6-8(12)10(14)9(13)7(5-11)15-6/h6-14H,2-5H2,1H3. The molecule has 5 unspecified atom stereocenters. The first-order valence-corrected chi connectivity index (χ1v) is 5.42. The fourth-order valence-corrected chi connectivity index (χ4v) is 1.82. The van der Waals surface area contributed by atoms with Crippen LogP contribution in [0.5, 0.6) is 0 Å². The Morgan fingerprint density at radius 3 is 2.13 bits per heavy atom. The molecule has 1 aliphatic rings. The van der Waals surface area contributed by atoms with E-state index in [-0.39, 0.29) is 6.61 Å². The zero-order valence-electron chi connectivity index (χ0n) is 8.91. The second kappa shape index (κ2) is 5.77. The Labute approximate surface area is 89.3 Å². The fourth-order valence-electron chi connectivity index (χ4n) is 1.82. The molecular formula is C10H20O5. The third-order valence-corrected chi connectivity index (χ3v) is 2.83. The molecule has 0 amide bonds. The van der Waals surface area contributed by atoms with Crippen LogP contribution in [0.2, 0.25) is 0 Å². The third kappa shape index (κ3) is 2.89. The van der Waals surface area contributed by atoms with Gasteiger partial charge in [0.2, 0.25) is 0 Å². The van der Waals surface area contributed by atoms with Crippen LogP contribution in [0.4, 0.5) is 0 Å². The topological polar surface area (TPSA) is 90.2 Å². The van der Waals surface area contributed by atoms with Gasteiger partial charge >= 0.3 is 0 Å². The van der Waals surface area contributed by atoms with Crippen molar-refractivity contribution in [3.63, 3.8) is 0 Å². The lowest BCUT2D eigenvalue weighted by atomic mass is 9.92. The molecule has 1 fully saturated rings. The summed E-state index contributed by atoms with van der Waals surface area (Å²) in [6.45, 7) is 1.66. The van der Waals surface area contributed by atoms with Crippen molar-refractivity contribution >= 4 is 0 Å². The molecule has 5 atom stereocenters. The molecule has 5 nitrogen and oxygen atoms in total. The molecule has 0 radical (unpaired) electrons. The summed E-state index contributed by atoms with van der Waals surface area (Å²) < 4.78 is 5.32. The number of aliphatic hydroxyl groups excluding tert-OH is 4. The Kier molecular flexibility index (Phi) is 4.95. The molecule has 1 saturated heterocycles. The molecule has 1 heterocycles. The fraction of sp³-hybridized carbons (Fsp3) is 1.00. The summed E-state index contributed by atoms with van der Waals surface area (Å²) in [7, 11) is 0. The molecule has 0 aromatic heterocycles. The Morgan fingerprint density at radius 2 is 1.60 bits per heavy atom. The van der Waals surface area contributed by atoms with Crippen molar-refractivity contribution in [3.05, 3.63) is 0 Å². The minimum atomic E-state index is -1.24. The number of aliphatic hydroxyl groups is 4. The van der Waals surface area contributed by atoms with E-state index in [0.717, 1.165) is 12.8 Å². The summed E-state index contributed by atoms with van der Waals surface area (Å²) >= 11 is 0. The highest BCUT2D eigenvalue weighted by Crippen LogP contribution is 2.24. The molecule has 0 aromatic rings. The van der Waals surface area contributed by atoms with Crippen molar-refractivity contribution in [3.8, 4) is 0 Å². The van der Waals surface area contributed by atoms with Gasteiger partial charge in [0.05, 0.1) is 12.7 Å². The maximum atomic E-state index is 9.63. The molecular weight excluding hydrogens is 200 g/mol. The highest BCUT2D eigenvalue weighted by atomic mass is 16.5. The van der Waals surface area contributed by atoms with Gasteiger partial charge < -0.3 is 25.2 Å². The van der Waals surface area contributed by atoms with Crippen molar-refractivity contribution in [1.82, 2.24) is 0 Å². The molecule has 15 heavy (non-hydrogen) atoms. The van der Waals surface area contributed by atoms with E-state index in [1.807, 2.05) is 6.92 Å². The Hall–Kier alpha value is -0.200. The lowest BCUT2D eigenvalue weighted by Crippen LogP contribution is -2.58. The van der Waals surface area contributed by atoms with Gasteiger partial charge in [-0.15, -0.1) is 0 Å². The van der Waals surface area contributed by atoms with E-state index < -0.39 is 30.5 Å². The van der Waals surface area contributed by atoms with Gasteiger partial charge in [-0.3, -0.25) is 0 Å². The molecule has 5 heteroatoms. The summed E-state index contributed by atoms with van der Waals surface area (Å²) in [5.74, 6) is 0. The van der Waals surface area contributed by atoms with Crippen LogP contribution < -0.4 is 0 Å². The van der Waals surface area contributed by atoms with Gasteiger partial charge in [-0.1, -0.05) is 19.8 Å². The van der Waals surface area contributed by atoms with E-state index in [9.17, 15) is 15.3 Å². The molecule has 4 N–H and O–H groups in total. The second-order valence-corrected chi connectivity index (χ2v) is 4.01. The Morgan fingerprint density at radius 1 is 1.00 bits per heavy atom. The van der Waals surface area contributed by atoms with Crippen molar-refractivity contribution in [2.45, 2.75) is 56.7 Å². The van der Waals surface area contributed by atoms with Gasteiger partial charge in [0.25, 0.3) is 0 Å². The molecule has 0 spiro atoms. The zero-order chi connectivity index (χ0) is 11.4. The Bertz CT molecular complexity index is 185. The molecule has 90 valence electrons. The molecule has 0 aliphatic carbocycles. The highest BCUT2D eigenvalue weighted by Gasteiger charge is 2.42. The van der Waals surface area contributed by atoms with Crippen LogP contribution in [-0.4, -0.2) is 57.6 Å². The predicted molar refractivity (Wildman–Crippen MR) is 53.3 cm³/mol. The van der Waals surface area contributed by atoms with Gasteiger partial charge in [-0.25, -0.2) is 0 Å². The second-order valence-electron chi connectivity index (χ2n) is 4.01. The predicted octanol–water partition coefficient (Wildman–Crippen LogP) is -0.981. The normalized spacial score (nSPS) is 41.8. The van der Waals surface area contributed by atoms with Crippen LogP contribution in [0.25, 0.3) is 0 Å². The maximum Gasteiger partial charge on any atom is 0.111 e. The Balaban J connectivity index is 2.57. The van der Waals surface area contributed by atoms with E-state index >= 15 is 0 Å². The number of hydrogen-bond donors (Lipinski definition) is 4. The minimum Gasteiger partial charge on any atom is -0.394 e. The molecule has 0 aromatic carbocycles. The van der Waals surface area contributed by atoms with Crippen molar-refractivity contribution in [1.29, 1.82) is 0 Å². The van der Waals surface area contributed by atoms with E-state index in [0.29, 0.717) is 6.42 Å². The smallest absolute Gasteiger partial charge is 0.111 e. The summed E-state index contributed by atoms with van der Waals surface area (Å²) in [6.07, 6.45) is -2.36. The summed E-state index contributed by atoms with van der Waals surface area (Å²) in [5, 5.41) is 37.5. The van der Waals surface area contributed by atoms with Gasteiger partial charge in [0, 0.05) is 0 Å². The molecule has 0 bridgehead atoms. The number of hydrogen-bond acceptors (Lipinski definition) is 5. The van der Waals surface area contributed by atoms with Crippen LogP contribution in [0, 0.1) is 0 Å². The summed E-state index contributed by atoms with van der Waals surface area (Å²) in [5.41, 5.74) is 0. The first-order valence-electron chi connectivity index (χ1n) is 5.42. The van der Waals surface area contributed by atoms with Gasteiger partial charge in [-0.2, -0.15) is 0 Å². The average molecular weight is 220 g/mol. The van der Waals surface area contributed by atoms with Gasteiger partial charge in [-0.05, 0) is 6.42 Å². The minimum absolute atomic E-state index is 0.354. The van der Waals surface area contributed by atoms with E-state index in [1.54, 1.807) is 0 Å². The first-order chi connectivity index (χ1) is 7.11. The highest BCUT2D eigenvalue weighted by molar-refractivity contribution is 4.91. The van der Waals surface area contributed by atoms with Crippen LogP contribution in [0.3, 0.4) is 0 Å². The number of ether oxygens (including phenoxy) is 1. The maximum absolute atomic E-state index is 9.63. The number of rotatable bonds is 4. The van der Waals surface area contributed by atoms with Crippen LogP contribution >= 0.6 is 0 Å². The van der Waals surface area contributed by atoms with Crippen LogP contribution in [-0.2, 0) is 4.74 Å². The largest absolute Gasteiger partial charge is 0.394 e. The molecule has 0 saturated carbocycles. The first kappa shape index (κ1) is 12.9. The summed E-state index contributed by atoms with van der Waals surface area (Å²) in [6, 6.07) is 0. The average Bonchev–Trinajstić information content (AvgIpc) is 2.25. The zero-order valence-corrected chi connectivity index (χ0v) is 8.91. The molecule has 1 rings (SSSR count). The summed E-state index contributed by atoms with van der Waals surface area (Å²) in [4.78, 5) is 0. The number of unbranched alkanes of at least 4 members (excludes halogenated alkanes) is 1. The van der Waals surface area contributed by atoms with E-state index in [1.165, 1.54) is 0 Å². The van der Waals surface area contributed by atoms with Crippen LogP contribution in [0.15, 0.2) is 0 Å². The van der Waals surface area contributed by atoms with Crippen molar-refractivity contribution in [2.75, 3.05) is 6.61 Å². The SMILES string of the molecule is CCCCC1OC(CO)C(O)C(O)C1O. The van der Waals surface area contributed by atoms with E-state index in [4.69, 9.17) is 9.84 Å². The molecule has 1 aliphatic heterocycles. The monoisotopic (exact) mass is 220 g/mol. The van der Waals surface area contributed by atoms with Crippen molar-refractivity contribution < 1.29 is 25.2 Å². The quantitative estimate of drug-likeness (QED) is 0.489. The third-order valence-electron chi connectivity index (χ3n) is 2.83.